The second-order valence-corrected chi connectivity index (χ2v) is 6.59. The van der Waals surface area contributed by atoms with Gasteiger partial charge in [-0.05, 0) is 32.0 Å². The summed E-state index contributed by atoms with van der Waals surface area (Å²) in [7, 11) is 0. The van der Waals surface area contributed by atoms with Crippen molar-refractivity contribution in [2.24, 2.45) is 0 Å². The number of carbonyl (C=O) groups is 1. The number of aryl methyl sites for hydroxylation is 3. The average Bonchev–Trinajstić information content (AvgIpc) is 3.22. The Morgan fingerprint density at radius 3 is 2.73 bits per heavy atom. The maximum atomic E-state index is 12.5. The molecule has 4 rings (SSSR count). The van der Waals surface area contributed by atoms with Gasteiger partial charge in [0.15, 0.2) is 5.58 Å². The highest BCUT2D eigenvalue weighted by molar-refractivity contribution is 5.76. The van der Waals surface area contributed by atoms with Crippen LogP contribution in [-0.2, 0) is 11.3 Å². The van der Waals surface area contributed by atoms with E-state index in [0.717, 1.165) is 11.4 Å². The summed E-state index contributed by atoms with van der Waals surface area (Å²) in [6.45, 7) is 7.35. The summed E-state index contributed by atoms with van der Waals surface area (Å²) in [4.78, 5) is 25.1. The number of aromatic nitrogens is 4. The SMILES string of the molecule is Cc1cc(C)n(CCC(=O)N2CCN(c3nc4ncccc4o3)CC2)n1. The molecule has 1 aliphatic rings. The highest BCUT2D eigenvalue weighted by Crippen LogP contribution is 2.21. The number of amides is 1. The molecule has 0 bridgehead atoms. The third kappa shape index (κ3) is 3.26. The summed E-state index contributed by atoms with van der Waals surface area (Å²) in [5.74, 6) is 0.163. The summed E-state index contributed by atoms with van der Waals surface area (Å²) in [6, 6.07) is 6.29. The van der Waals surface area contributed by atoms with E-state index in [-0.39, 0.29) is 5.91 Å². The lowest BCUT2D eigenvalue weighted by molar-refractivity contribution is -0.131. The van der Waals surface area contributed by atoms with Gasteiger partial charge in [0.1, 0.15) is 0 Å². The van der Waals surface area contributed by atoms with Crippen LogP contribution in [0.5, 0.6) is 0 Å². The lowest BCUT2D eigenvalue weighted by Gasteiger charge is -2.33. The van der Waals surface area contributed by atoms with E-state index >= 15 is 0 Å². The maximum absolute atomic E-state index is 12.5. The molecule has 1 aliphatic heterocycles. The van der Waals surface area contributed by atoms with Crippen LogP contribution in [0.2, 0.25) is 0 Å². The molecule has 3 aromatic heterocycles. The number of oxazole rings is 1. The molecule has 0 saturated carbocycles. The van der Waals surface area contributed by atoms with Gasteiger partial charge in [0, 0.05) is 51.0 Å². The van der Waals surface area contributed by atoms with Gasteiger partial charge in [-0.2, -0.15) is 10.1 Å². The van der Waals surface area contributed by atoms with Gasteiger partial charge in [-0.15, -0.1) is 0 Å². The molecule has 0 N–H and O–H groups in total. The molecule has 0 aromatic carbocycles. The van der Waals surface area contributed by atoms with Gasteiger partial charge in [-0.3, -0.25) is 9.48 Å². The van der Waals surface area contributed by atoms with Gasteiger partial charge in [0.05, 0.1) is 5.69 Å². The van der Waals surface area contributed by atoms with Gasteiger partial charge >= 0.3 is 0 Å². The van der Waals surface area contributed by atoms with Crippen LogP contribution in [-0.4, -0.2) is 56.7 Å². The Balaban J connectivity index is 1.32. The molecule has 0 atom stereocenters. The first-order valence-corrected chi connectivity index (χ1v) is 8.85. The van der Waals surface area contributed by atoms with E-state index in [4.69, 9.17) is 4.42 Å². The van der Waals surface area contributed by atoms with Crippen LogP contribution in [0.25, 0.3) is 11.2 Å². The largest absolute Gasteiger partial charge is 0.422 e. The Bertz CT molecular complexity index is 890. The highest BCUT2D eigenvalue weighted by Gasteiger charge is 2.24. The van der Waals surface area contributed by atoms with E-state index in [1.165, 1.54) is 0 Å². The van der Waals surface area contributed by atoms with Crippen molar-refractivity contribution in [2.75, 3.05) is 31.1 Å². The second-order valence-electron chi connectivity index (χ2n) is 6.59. The molecule has 0 unspecified atom stereocenters. The number of nitrogens with zero attached hydrogens (tertiary/aromatic N) is 6. The van der Waals surface area contributed by atoms with Crippen molar-refractivity contribution >= 4 is 23.2 Å². The van der Waals surface area contributed by atoms with Crippen molar-refractivity contribution in [2.45, 2.75) is 26.8 Å². The number of anilines is 1. The molecule has 8 heteroatoms. The summed E-state index contributed by atoms with van der Waals surface area (Å²) in [5.41, 5.74) is 3.37. The summed E-state index contributed by atoms with van der Waals surface area (Å²) in [5, 5.41) is 4.41. The molecule has 1 saturated heterocycles. The maximum Gasteiger partial charge on any atom is 0.300 e. The van der Waals surface area contributed by atoms with E-state index in [2.05, 4.69) is 20.0 Å². The zero-order chi connectivity index (χ0) is 18.1. The lowest BCUT2D eigenvalue weighted by Crippen LogP contribution is -2.49. The first kappa shape index (κ1) is 16.6. The Kier molecular flexibility index (Phi) is 4.32. The molecular weight excluding hydrogens is 332 g/mol. The predicted octanol–water partition coefficient (Wildman–Crippen LogP) is 1.78. The van der Waals surface area contributed by atoms with Crippen LogP contribution in [0.1, 0.15) is 17.8 Å². The first-order valence-electron chi connectivity index (χ1n) is 8.85. The van der Waals surface area contributed by atoms with Crippen molar-refractivity contribution in [3.8, 4) is 0 Å². The molecule has 3 aromatic rings. The minimum absolute atomic E-state index is 0.163. The van der Waals surface area contributed by atoms with E-state index in [0.29, 0.717) is 56.4 Å². The monoisotopic (exact) mass is 354 g/mol. The van der Waals surface area contributed by atoms with Gasteiger partial charge < -0.3 is 14.2 Å². The Labute approximate surface area is 151 Å². The van der Waals surface area contributed by atoms with Gasteiger partial charge in [-0.25, -0.2) is 4.98 Å². The number of pyridine rings is 1. The first-order chi connectivity index (χ1) is 12.6. The van der Waals surface area contributed by atoms with Crippen LogP contribution in [0.15, 0.2) is 28.8 Å². The molecule has 26 heavy (non-hydrogen) atoms. The number of hydrogen-bond acceptors (Lipinski definition) is 6. The van der Waals surface area contributed by atoms with Crippen LogP contribution >= 0.6 is 0 Å². The minimum Gasteiger partial charge on any atom is -0.422 e. The van der Waals surface area contributed by atoms with E-state index in [1.807, 2.05) is 41.6 Å². The summed E-state index contributed by atoms with van der Waals surface area (Å²) >= 11 is 0. The summed E-state index contributed by atoms with van der Waals surface area (Å²) in [6.07, 6.45) is 2.17. The molecular formula is C18H22N6O2. The smallest absolute Gasteiger partial charge is 0.300 e. The fourth-order valence-electron chi connectivity index (χ4n) is 3.30. The molecule has 136 valence electrons. The summed E-state index contributed by atoms with van der Waals surface area (Å²) < 4.78 is 7.66. The Hall–Kier alpha value is -2.90. The van der Waals surface area contributed by atoms with Crippen LogP contribution in [0.4, 0.5) is 6.01 Å². The lowest BCUT2D eigenvalue weighted by atomic mass is 10.3. The fourth-order valence-corrected chi connectivity index (χ4v) is 3.30. The highest BCUT2D eigenvalue weighted by atomic mass is 16.4. The van der Waals surface area contributed by atoms with Gasteiger partial charge in [-0.1, -0.05) is 0 Å². The fraction of sp³-hybridized carbons (Fsp3) is 0.444. The topological polar surface area (TPSA) is 80.3 Å². The Morgan fingerprint density at radius 2 is 2.04 bits per heavy atom. The molecule has 8 nitrogen and oxygen atoms in total. The molecule has 1 fully saturated rings. The zero-order valence-corrected chi connectivity index (χ0v) is 15.1. The molecule has 0 aliphatic carbocycles. The van der Waals surface area contributed by atoms with Gasteiger partial charge in [0.25, 0.3) is 6.01 Å². The number of carbonyl (C=O) groups excluding carboxylic acids is 1. The van der Waals surface area contributed by atoms with Crippen LogP contribution in [0.3, 0.4) is 0 Å². The Morgan fingerprint density at radius 1 is 1.23 bits per heavy atom. The van der Waals surface area contributed by atoms with Crippen molar-refractivity contribution in [1.29, 1.82) is 0 Å². The van der Waals surface area contributed by atoms with Crippen molar-refractivity contribution in [3.05, 3.63) is 35.8 Å². The average molecular weight is 354 g/mol. The van der Waals surface area contributed by atoms with Crippen molar-refractivity contribution in [1.82, 2.24) is 24.6 Å². The number of fused-ring (bicyclic) bond motifs is 1. The predicted molar refractivity (Wildman–Crippen MR) is 96.9 cm³/mol. The second kappa shape index (κ2) is 6.78. The molecule has 0 spiro atoms. The molecule has 4 heterocycles. The number of hydrogen-bond donors (Lipinski definition) is 0. The molecule has 0 radical (unpaired) electrons. The number of rotatable bonds is 4. The third-order valence-electron chi connectivity index (χ3n) is 4.70. The standard InChI is InChI=1S/C18H22N6O2/c1-13-12-14(2)24(21-13)7-5-16(25)22-8-10-23(11-9-22)18-20-17-15(26-18)4-3-6-19-17/h3-4,6,12H,5,7-11H2,1-2H3. The quantitative estimate of drug-likeness (QED) is 0.710. The van der Waals surface area contributed by atoms with Crippen molar-refractivity contribution < 1.29 is 9.21 Å². The zero-order valence-electron chi connectivity index (χ0n) is 15.1. The van der Waals surface area contributed by atoms with E-state index < -0.39 is 0 Å². The van der Waals surface area contributed by atoms with Crippen LogP contribution in [0, 0.1) is 13.8 Å². The van der Waals surface area contributed by atoms with E-state index in [1.54, 1.807) is 6.20 Å². The minimum atomic E-state index is 0.163. The van der Waals surface area contributed by atoms with Crippen LogP contribution < -0.4 is 4.90 Å². The number of piperazine rings is 1. The van der Waals surface area contributed by atoms with Crippen molar-refractivity contribution in [3.63, 3.8) is 0 Å². The molecule has 1 amide bonds. The van der Waals surface area contributed by atoms with E-state index in [9.17, 15) is 4.79 Å². The van der Waals surface area contributed by atoms with Gasteiger partial charge in [0.2, 0.25) is 11.6 Å². The third-order valence-corrected chi connectivity index (χ3v) is 4.70. The normalized spacial score (nSPS) is 15.0.